The third-order valence-corrected chi connectivity index (χ3v) is 10.2. The topological polar surface area (TPSA) is 38.8 Å². The lowest BCUT2D eigenvalue weighted by molar-refractivity contribution is -0.169. The van der Waals surface area contributed by atoms with Crippen LogP contribution in [0.3, 0.4) is 0 Å². The molecule has 0 aliphatic rings. The molecule has 0 unspecified atom stereocenters. The fourth-order valence-corrected chi connectivity index (χ4v) is 8.32. The quantitative estimate of drug-likeness (QED) is 0.375. The lowest BCUT2D eigenvalue weighted by atomic mass is 10.2. The highest BCUT2D eigenvalue weighted by atomic mass is 28.4. The molecule has 0 radical (unpaired) electrons. The second-order valence-electron chi connectivity index (χ2n) is 8.12. The van der Waals surface area contributed by atoms with E-state index in [2.05, 4.69) is 69.3 Å². The van der Waals surface area contributed by atoms with Crippen molar-refractivity contribution in [3.8, 4) is 0 Å². The molecule has 2 rings (SSSR count). The predicted octanol–water partition coefficient (Wildman–Crippen LogP) is 3.92. The third kappa shape index (κ3) is 5.24. The molecule has 0 fully saturated rings. The molecule has 0 aliphatic carbocycles. The molecular formula is C24H33NO3Si. The number of amides is 1. The van der Waals surface area contributed by atoms with E-state index in [-0.39, 0.29) is 23.5 Å². The van der Waals surface area contributed by atoms with E-state index in [9.17, 15) is 4.79 Å². The fraction of sp³-hybridized carbons (Fsp3) is 0.375. The summed E-state index contributed by atoms with van der Waals surface area (Å²) in [5, 5.41) is 3.50. The van der Waals surface area contributed by atoms with Crippen LogP contribution < -0.4 is 10.4 Å². The summed E-state index contributed by atoms with van der Waals surface area (Å²) in [5.74, 6) is -0.117. The van der Waals surface area contributed by atoms with Gasteiger partial charge in [-0.25, -0.2) is 5.06 Å². The van der Waals surface area contributed by atoms with Crippen LogP contribution in [0, 0.1) is 0 Å². The summed E-state index contributed by atoms with van der Waals surface area (Å²) in [6.07, 6.45) is 3.79. The highest BCUT2D eigenvalue weighted by Gasteiger charge is 2.51. The molecule has 29 heavy (non-hydrogen) atoms. The van der Waals surface area contributed by atoms with E-state index in [1.54, 1.807) is 7.05 Å². The van der Waals surface area contributed by atoms with Crippen LogP contribution in [-0.2, 0) is 14.1 Å². The van der Waals surface area contributed by atoms with E-state index in [4.69, 9.17) is 9.26 Å². The van der Waals surface area contributed by atoms with Crippen molar-refractivity contribution in [2.45, 2.75) is 45.3 Å². The first-order chi connectivity index (χ1) is 13.8. The Balaban J connectivity index is 2.61. The molecular weight excluding hydrogens is 378 g/mol. The van der Waals surface area contributed by atoms with Gasteiger partial charge in [0.05, 0.1) is 19.6 Å². The van der Waals surface area contributed by atoms with Crippen LogP contribution in [-0.4, -0.2) is 39.5 Å². The summed E-state index contributed by atoms with van der Waals surface area (Å²) in [6, 6.07) is 20.9. The largest absolute Gasteiger partial charge is 0.401 e. The number of hydroxylamine groups is 2. The van der Waals surface area contributed by atoms with Crippen LogP contribution in [0.15, 0.2) is 72.8 Å². The number of benzene rings is 2. The Hall–Kier alpha value is -2.21. The zero-order valence-corrected chi connectivity index (χ0v) is 19.4. The van der Waals surface area contributed by atoms with Gasteiger partial charge in [-0.05, 0) is 22.3 Å². The third-order valence-electron chi connectivity index (χ3n) is 5.15. The van der Waals surface area contributed by atoms with Crippen LogP contribution in [0.1, 0.15) is 34.1 Å². The minimum Gasteiger partial charge on any atom is -0.401 e. The van der Waals surface area contributed by atoms with Gasteiger partial charge >= 0.3 is 0 Å². The van der Waals surface area contributed by atoms with Crippen LogP contribution in [0.25, 0.3) is 0 Å². The van der Waals surface area contributed by atoms with Gasteiger partial charge in [-0.15, -0.1) is 0 Å². The standard InChI is InChI=1S/C24H33NO3Si/c1-7-14-20(19-23(26)25(5)27-6)28-29(24(2,3)4,21-15-10-8-11-16-21)22-17-12-9-13-18-22/h7-18,20H,19H2,1-6H3/b14-7+/t20-/m0/s1. The zero-order chi connectivity index (χ0) is 21.5. The molecule has 2 aromatic carbocycles. The van der Waals surface area contributed by atoms with E-state index in [0.717, 1.165) is 0 Å². The van der Waals surface area contributed by atoms with Crippen molar-refractivity contribution in [2.75, 3.05) is 14.2 Å². The first kappa shape index (κ1) is 23.1. The van der Waals surface area contributed by atoms with Gasteiger partial charge in [0.25, 0.3) is 8.32 Å². The van der Waals surface area contributed by atoms with Gasteiger partial charge < -0.3 is 4.43 Å². The van der Waals surface area contributed by atoms with Crippen LogP contribution >= 0.6 is 0 Å². The van der Waals surface area contributed by atoms with Crippen molar-refractivity contribution >= 4 is 24.6 Å². The van der Waals surface area contributed by atoms with Gasteiger partial charge in [0.15, 0.2) is 0 Å². The Morgan fingerprint density at radius 2 is 1.52 bits per heavy atom. The summed E-state index contributed by atoms with van der Waals surface area (Å²) in [6.45, 7) is 8.64. The number of carbonyl (C=O) groups excluding carboxylic acids is 1. The maximum atomic E-state index is 12.6. The number of nitrogens with zero attached hydrogens (tertiary/aromatic N) is 1. The van der Waals surface area contributed by atoms with Crippen molar-refractivity contribution in [3.63, 3.8) is 0 Å². The van der Waals surface area contributed by atoms with Gasteiger partial charge in [-0.3, -0.25) is 9.63 Å². The Kier molecular flexibility index (Phi) is 7.96. The highest BCUT2D eigenvalue weighted by Crippen LogP contribution is 2.38. The molecule has 0 N–H and O–H groups in total. The lowest BCUT2D eigenvalue weighted by Gasteiger charge is -2.44. The van der Waals surface area contributed by atoms with E-state index < -0.39 is 8.32 Å². The summed E-state index contributed by atoms with van der Waals surface area (Å²) < 4.78 is 7.03. The molecule has 1 amide bonds. The summed E-state index contributed by atoms with van der Waals surface area (Å²) in [7, 11) is 0.390. The minimum absolute atomic E-state index is 0.117. The molecule has 0 bridgehead atoms. The Bertz CT molecular complexity index is 760. The first-order valence-electron chi connectivity index (χ1n) is 9.98. The molecule has 5 heteroatoms. The van der Waals surface area contributed by atoms with E-state index in [0.29, 0.717) is 0 Å². The van der Waals surface area contributed by atoms with Gasteiger partial charge in [0.2, 0.25) is 5.91 Å². The van der Waals surface area contributed by atoms with E-state index in [1.165, 1.54) is 22.5 Å². The zero-order valence-electron chi connectivity index (χ0n) is 18.4. The maximum absolute atomic E-state index is 12.6. The molecule has 0 aliphatic heterocycles. The van der Waals surface area contributed by atoms with Crippen molar-refractivity contribution in [1.82, 2.24) is 5.06 Å². The number of rotatable bonds is 8. The van der Waals surface area contributed by atoms with Gasteiger partial charge in [-0.1, -0.05) is 93.6 Å². The lowest BCUT2D eigenvalue weighted by Crippen LogP contribution is -2.67. The predicted molar refractivity (Wildman–Crippen MR) is 122 cm³/mol. The number of hydrogen-bond donors (Lipinski definition) is 0. The number of hydrogen-bond acceptors (Lipinski definition) is 3. The second-order valence-corrected chi connectivity index (χ2v) is 12.4. The van der Waals surface area contributed by atoms with Crippen molar-refractivity contribution < 1.29 is 14.1 Å². The Labute approximate surface area is 176 Å². The van der Waals surface area contributed by atoms with E-state index in [1.807, 2.05) is 31.2 Å². The summed E-state index contributed by atoms with van der Waals surface area (Å²) in [5.41, 5.74) is 0. The molecule has 0 spiro atoms. The summed E-state index contributed by atoms with van der Waals surface area (Å²) >= 11 is 0. The summed E-state index contributed by atoms with van der Waals surface area (Å²) in [4.78, 5) is 17.6. The van der Waals surface area contributed by atoms with Crippen molar-refractivity contribution in [1.29, 1.82) is 0 Å². The van der Waals surface area contributed by atoms with Crippen molar-refractivity contribution in [2.24, 2.45) is 0 Å². The van der Waals surface area contributed by atoms with Crippen LogP contribution in [0.2, 0.25) is 5.04 Å². The average molecular weight is 412 g/mol. The van der Waals surface area contributed by atoms with E-state index >= 15 is 0 Å². The van der Waals surface area contributed by atoms with Crippen LogP contribution in [0.5, 0.6) is 0 Å². The fourth-order valence-electron chi connectivity index (χ4n) is 3.68. The molecule has 0 heterocycles. The highest BCUT2D eigenvalue weighted by molar-refractivity contribution is 6.99. The Morgan fingerprint density at radius 3 is 1.90 bits per heavy atom. The molecule has 4 nitrogen and oxygen atoms in total. The molecule has 0 saturated carbocycles. The normalized spacial score (nSPS) is 13.4. The Morgan fingerprint density at radius 1 is 1.03 bits per heavy atom. The second kappa shape index (κ2) is 10.0. The van der Waals surface area contributed by atoms with Gasteiger partial charge in [-0.2, -0.15) is 0 Å². The molecule has 2 aromatic rings. The van der Waals surface area contributed by atoms with Gasteiger partial charge in [0.1, 0.15) is 0 Å². The smallest absolute Gasteiger partial charge is 0.261 e. The molecule has 0 saturated heterocycles. The van der Waals surface area contributed by atoms with Gasteiger partial charge in [0, 0.05) is 7.05 Å². The minimum atomic E-state index is -2.72. The van der Waals surface area contributed by atoms with Crippen LogP contribution in [0.4, 0.5) is 0 Å². The number of allylic oxidation sites excluding steroid dienone is 1. The first-order valence-corrected chi connectivity index (χ1v) is 11.9. The molecule has 1 atom stereocenters. The molecule has 0 aromatic heterocycles. The molecule has 156 valence electrons. The monoisotopic (exact) mass is 411 g/mol. The average Bonchev–Trinajstić information content (AvgIpc) is 2.71. The maximum Gasteiger partial charge on any atom is 0.261 e. The number of carbonyl (C=O) groups is 1. The SMILES string of the molecule is C/C=C/[C@@H](CC(=O)N(C)OC)O[Si](c1ccccc1)(c1ccccc1)C(C)(C)C. The van der Waals surface area contributed by atoms with Crippen molar-refractivity contribution in [3.05, 3.63) is 72.8 Å².